The van der Waals surface area contributed by atoms with Crippen LogP contribution in [0.3, 0.4) is 0 Å². The maximum Gasteiger partial charge on any atom is 0.175 e. The third kappa shape index (κ3) is 6.18. The average Bonchev–Trinajstić information content (AvgIpc) is 2.70. The third-order valence-electron chi connectivity index (χ3n) is 5.32. The van der Waals surface area contributed by atoms with E-state index in [4.69, 9.17) is 9.47 Å². The van der Waals surface area contributed by atoms with Gasteiger partial charge in [-0.25, -0.2) is 0 Å². The molecule has 7 nitrogen and oxygen atoms in total. The molecule has 33 heavy (non-hydrogen) atoms. The van der Waals surface area contributed by atoms with Crippen LogP contribution in [0.1, 0.15) is 75.1 Å². The number of aromatic hydroxyl groups is 3. The number of benzene rings is 2. The number of hydrogen-bond donors (Lipinski definition) is 3. The highest BCUT2D eigenvalue weighted by Crippen LogP contribution is 2.39. The molecular weight excluding hydrogens is 424 g/mol. The van der Waals surface area contributed by atoms with Crippen LogP contribution in [0.4, 0.5) is 0 Å². The van der Waals surface area contributed by atoms with Crippen molar-refractivity contribution >= 4 is 11.6 Å². The van der Waals surface area contributed by atoms with Crippen LogP contribution in [0.25, 0.3) is 0 Å². The second-order valence-electron chi connectivity index (χ2n) is 9.67. The summed E-state index contributed by atoms with van der Waals surface area (Å²) in [6.45, 7) is 11.5. The van der Waals surface area contributed by atoms with Crippen LogP contribution in [0.2, 0.25) is 0 Å². The summed E-state index contributed by atoms with van der Waals surface area (Å²) >= 11 is 0. The minimum atomic E-state index is -0.901. The predicted molar refractivity (Wildman–Crippen MR) is 126 cm³/mol. The molecule has 2 rings (SSSR count). The van der Waals surface area contributed by atoms with Crippen molar-refractivity contribution in [2.24, 2.45) is 10.8 Å². The first-order valence-electron chi connectivity index (χ1n) is 11.0. The molecule has 3 N–H and O–H groups in total. The molecule has 0 spiro atoms. The molecule has 0 fully saturated rings. The summed E-state index contributed by atoms with van der Waals surface area (Å²) in [6, 6.07) is 7.26. The first-order chi connectivity index (χ1) is 15.3. The van der Waals surface area contributed by atoms with Crippen molar-refractivity contribution in [1.82, 2.24) is 0 Å². The number of carbonyl (C=O) groups is 2. The van der Waals surface area contributed by atoms with E-state index in [9.17, 15) is 24.9 Å². The van der Waals surface area contributed by atoms with Crippen LogP contribution in [-0.2, 0) is 0 Å². The molecule has 0 aromatic heterocycles. The second-order valence-corrected chi connectivity index (χ2v) is 9.67. The monoisotopic (exact) mass is 458 g/mol. The smallest absolute Gasteiger partial charge is 0.175 e. The molecule has 0 aliphatic heterocycles. The number of para-hydroxylation sites is 1. The van der Waals surface area contributed by atoms with Gasteiger partial charge in [-0.05, 0) is 31.9 Å². The molecule has 0 radical (unpaired) electrons. The standard InChI is InChI=1S/C26H34O7/c1-7-32-22-17(23(30)25(2,3)4)10-8-11-20(22)33-13-9-12-26(5,6)24(31)21-18(28)14-16(27)15-19(21)29/h8,10-11,14-15,27-29H,7,9,12-13H2,1-6H3. The number of ether oxygens (including phenoxy) is 2. The van der Waals surface area contributed by atoms with Gasteiger partial charge >= 0.3 is 0 Å². The van der Waals surface area contributed by atoms with E-state index >= 15 is 0 Å². The van der Waals surface area contributed by atoms with Crippen molar-refractivity contribution in [2.45, 2.75) is 54.4 Å². The Morgan fingerprint density at radius 3 is 2.06 bits per heavy atom. The van der Waals surface area contributed by atoms with E-state index < -0.39 is 28.1 Å². The van der Waals surface area contributed by atoms with Crippen LogP contribution in [0, 0.1) is 10.8 Å². The van der Waals surface area contributed by atoms with Crippen molar-refractivity contribution in [3.63, 3.8) is 0 Å². The van der Waals surface area contributed by atoms with Gasteiger partial charge in [0.05, 0.1) is 18.8 Å². The largest absolute Gasteiger partial charge is 0.508 e. The van der Waals surface area contributed by atoms with E-state index in [1.54, 1.807) is 32.0 Å². The summed E-state index contributed by atoms with van der Waals surface area (Å²) in [7, 11) is 0. The van der Waals surface area contributed by atoms with Gasteiger partial charge in [-0.2, -0.15) is 0 Å². The lowest BCUT2D eigenvalue weighted by Crippen LogP contribution is -2.25. The van der Waals surface area contributed by atoms with Crippen molar-refractivity contribution in [2.75, 3.05) is 13.2 Å². The van der Waals surface area contributed by atoms with Gasteiger partial charge in [0.2, 0.25) is 0 Å². The molecule has 0 heterocycles. The lowest BCUT2D eigenvalue weighted by molar-refractivity contribution is 0.0809. The van der Waals surface area contributed by atoms with Crippen molar-refractivity contribution in [3.05, 3.63) is 41.5 Å². The molecule has 0 unspecified atom stereocenters. The van der Waals surface area contributed by atoms with Crippen molar-refractivity contribution in [3.8, 4) is 28.7 Å². The molecular formula is C26H34O7. The van der Waals surface area contributed by atoms with Gasteiger partial charge in [0.25, 0.3) is 0 Å². The first-order valence-corrected chi connectivity index (χ1v) is 11.0. The Morgan fingerprint density at radius 2 is 1.52 bits per heavy atom. The summed E-state index contributed by atoms with van der Waals surface area (Å²) < 4.78 is 11.7. The first kappa shape index (κ1) is 26.0. The molecule has 0 amide bonds. The summed E-state index contributed by atoms with van der Waals surface area (Å²) in [5.41, 5.74) is -1.22. The van der Waals surface area contributed by atoms with Crippen LogP contribution in [0.5, 0.6) is 28.7 Å². The Bertz CT molecular complexity index is 993. The fourth-order valence-electron chi connectivity index (χ4n) is 3.48. The Balaban J connectivity index is 2.11. The molecule has 0 saturated heterocycles. The van der Waals surface area contributed by atoms with Crippen LogP contribution >= 0.6 is 0 Å². The number of ketones is 2. The zero-order chi connectivity index (χ0) is 25.0. The molecule has 0 atom stereocenters. The zero-order valence-corrected chi connectivity index (χ0v) is 20.2. The number of hydrogen-bond acceptors (Lipinski definition) is 7. The molecule has 2 aromatic rings. The molecule has 0 bridgehead atoms. The number of phenolic OH excluding ortho intramolecular Hbond substituents is 3. The Labute approximate surface area is 195 Å². The number of phenols is 3. The Hall–Kier alpha value is -3.22. The van der Waals surface area contributed by atoms with Crippen LogP contribution in [-0.4, -0.2) is 40.1 Å². The maximum absolute atomic E-state index is 12.9. The molecule has 180 valence electrons. The minimum absolute atomic E-state index is 0.0448. The molecule has 0 aliphatic carbocycles. The van der Waals surface area contributed by atoms with Gasteiger partial charge in [-0.1, -0.05) is 40.7 Å². The van der Waals surface area contributed by atoms with Gasteiger partial charge in [-0.15, -0.1) is 0 Å². The topological polar surface area (TPSA) is 113 Å². The normalized spacial score (nSPS) is 11.8. The summed E-state index contributed by atoms with van der Waals surface area (Å²) in [5.74, 6) is -0.877. The highest BCUT2D eigenvalue weighted by Gasteiger charge is 2.33. The summed E-state index contributed by atoms with van der Waals surface area (Å²) in [4.78, 5) is 25.8. The highest BCUT2D eigenvalue weighted by molar-refractivity contribution is 6.04. The molecule has 2 aromatic carbocycles. The average molecular weight is 459 g/mol. The van der Waals surface area contributed by atoms with Gasteiger partial charge in [-0.3, -0.25) is 9.59 Å². The van der Waals surface area contributed by atoms with Gasteiger partial charge in [0, 0.05) is 23.0 Å². The van der Waals surface area contributed by atoms with Crippen LogP contribution in [0.15, 0.2) is 30.3 Å². The Kier molecular flexibility index (Phi) is 8.01. The second kappa shape index (κ2) is 10.1. The SMILES string of the molecule is CCOc1c(OCCCC(C)(C)C(=O)c2c(O)cc(O)cc2O)cccc1C(=O)C(C)(C)C. The number of carbonyl (C=O) groups excluding carboxylic acids is 2. The molecule has 0 saturated carbocycles. The molecule has 0 aliphatic rings. The van der Waals surface area contributed by atoms with E-state index in [-0.39, 0.29) is 23.7 Å². The van der Waals surface area contributed by atoms with Gasteiger partial charge < -0.3 is 24.8 Å². The lowest BCUT2D eigenvalue weighted by Gasteiger charge is -2.24. The summed E-state index contributed by atoms with van der Waals surface area (Å²) in [5, 5.41) is 29.5. The molecule has 7 heteroatoms. The number of Topliss-reactive ketones (excluding diaryl/α,β-unsaturated/α-hetero) is 2. The van der Waals surface area contributed by atoms with E-state index in [1.807, 2.05) is 27.7 Å². The zero-order valence-electron chi connectivity index (χ0n) is 20.2. The predicted octanol–water partition coefficient (Wildman–Crippen LogP) is 5.50. The van der Waals surface area contributed by atoms with E-state index in [0.29, 0.717) is 36.5 Å². The highest BCUT2D eigenvalue weighted by atomic mass is 16.5. The van der Waals surface area contributed by atoms with Gasteiger partial charge in [0.15, 0.2) is 23.1 Å². The minimum Gasteiger partial charge on any atom is -0.508 e. The quantitative estimate of drug-likeness (QED) is 0.318. The van der Waals surface area contributed by atoms with E-state index in [0.717, 1.165) is 12.1 Å². The van der Waals surface area contributed by atoms with E-state index in [2.05, 4.69) is 0 Å². The fraction of sp³-hybridized carbons (Fsp3) is 0.462. The van der Waals surface area contributed by atoms with Crippen LogP contribution < -0.4 is 9.47 Å². The number of rotatable bonds is 10. The fourth-order valence-corrected chi connectivity index (χ4v) is 3.48. The third-order valence-corrected chi connectivity index (χ3v) is 5.32. The van der Waals surface area contributed by atoms with Crippen molar-refractivity contribution in [1.29, 1.82) is 0 Å². The lowest BCUT2D eigenvalue weighted by atomic mass is 9.80. The maximum atomic E-state index is 12.9. The van der Waals surface area contributed by atoms with Gasteiger partial charge in [0.1, 0.15) is 22.8 Å². The Morgan fingerprint density at radius 1 is 0.909 bits per heavy atom. The summed E-state index contributed by atoms with van der Waals surface area (Å²) in [6.07, 6.45) is 0.914. The van der Waals surface area contributed by atoms with E-state index in [1.165, 1.54) is 0 Å². The van der Waals surface area contributed by atoms with Crippen molar-refractivity contribution < 1.29 is 34.4 Å².